The summed E-state index contributed by atoms with van der Waals surface area (Å²) in [6, 6.07) is 17.8. The smallest absolute Gasteiger partial charge is 0.253 e. The largest absolute Gasteiger partial charge is 0.494 e. The van der Waals surface area contributed by atoms with Crippen LogP contribution in [0.3, 0.4) is 0 Å². The third kappa shape index (κ3) is 6.56. The second-order valence-electron chi connectivity index (χ2n) is 8.33. The fourth-order valence-corrected chi connectivity index (χ4v) is 4.26. The predicted molar refractivity (Wildman–Crippen MR) is 139 cm³/mol. The molecule has 0 saturated carbocycles. The van der Waals surface area contributed by atoms with Crippen molar-refractivity contribution in [2.75, 3.05) is 46.0 Å². The quantitative estimate of drug-likeness (QED) is 0.456. The number of nitrogens with one attached hydrogen (secondary N) is 2. The van der Waals surface area contributed by atoms with Gasteiger partial charge in [0.1, 0.15) is 5.75 Å². The first-order valence-corrected chi connectivity index (χ1v) is 12.2. The predicted octanol–water partition coefficient (Wildman–Crippen LogP) is 3.14. The van der Waals surface area contributed by atoms with Gasteiger partial charge in [-0.3, -0.25) is 9.69 Å². The highest BCUT2D eigenvalue weighted by molar-refractivity contribution is 7.80. The van der Waals surface area contributed by atoms with Crippen molar-refractivity contribution in [3.8, 4) is 5.75 Å². The number of aromatic nitrogens is 1. The van der Waals surface area contributed by atoms with E-state index in [2.05, 4.69) is 32.2 Å². The topological polar surface area (TPSA) is 69.8 Å². The molecule has 1 aromatic heterocycles. The van der Waals surface area contributed by atoms with Gasteiger partial charge in [0.25, 0.3) is 5.56 Å². The minimum atomic E-state index is -0.0982. The van der Waals surface area contributed by atoms with Gasteiger partial charge in [0, 0.05) is 49.2 Å². The van der Waals surface area contributed by atoms with E-state index < -0.39 is 0 Å². The molecule has 7 nitrogen and oxygen atoms in total. The summed E-state index contributed by atoms with van der Waals surface area (Å²) in [7, 11) is 0. The zero-order chi connectivity index (χ0) is 23.8. The number of benzene rings is 2. The normalized spacial score (nSPS) is 14.1. The Hall–Kier alpha value is -2.94. The Labute approximate surface area is 205 Å². The van der Waals surface area contributed by atoms with Crippen LogP contribution in [-0.2, 0) is 17.8 Å². The SMILES string of the molecule is CCOc1ccc2[nH]c(=O)c(CN(CCN3CCOCC3)C(=S)NCc3ccccc3)cc2c1. The summed E-state index contributed by atoms with van der Waals surface area (Å²) in [5, 5.41) is 4.95. The molecule has 180 valence electrons. The molecule has 0 bridgehead atoms. The van der Waals surface area contributed by atoms with E-state index in [9.17, 15) is 4.79 Å². The third-order valence-electron chi connectivity index (χ3n) is 5.93. The molecule has 0 aliphatic carbocycles. The minimum absolute atomic E-state index is 0.0982. The van der Waals surface area contributed by atoms with E-state index in [1.54, 1.807) is 0 Å². The molecule has 0 radical (unpaired) electrons. The van der Waals surface area contributed by atoms with E-state index >= 15 is 0 Å². The van der Waals surface area contributed by atoms with Crippen LogP contribution in [0.2, 0.25) is 0 Å². The van der Waals surface area contributed by atoms with Crippen LogP contribution >= 0.6 is 12.2 Å². The molecule has 34 heavy (non-hydrogen) atoms. The first kappa shape index (κ1) is 24.2. The molecule has 2 N–H and O–H groups in total. The highest BCUT2D eigenvalue weighted by Crippen LogP contribution is 2.20. The standard InChI is InChI=1S/C26H32N4O3S/c1-2-33-23-8-9-24-21(17-23)16-22(25(31)28-24)19-30(11-10-29-12-14-32-15-13-29)26(34)27-18-20-6-4-3-5-7-20/h3-9,16-17H,2,10-15,18-19H2,1H3,(H,27,34)(H,28,31). The summed E-state index contributed by atoms with van der Waals surface area (Å²) in [5.41, 5.74) is 2.53. The fraction of sp³-hybridized carbons (Fsp3) is 0.385. The molecule has 4 rings (SSSR count). The van der Waals surface area contributed by atoms with Crippen molar-refractivity contribution in [2.24, 2.45) is 0 Å². The van der Waals surface area contributed by atoms with Crippen molar-refractivity contribution in [3.63, 3.8) is 0 Å². The van der Waals surface area contributed by atoms with E-state index in [0.29, 0.717) is 30.4 Å². The number of rotatable bonds is 9. The molecule has 1 fully saturated rings. The molecule has 0 amide bonds. The van der Waals surface area contributed by atoms with Crippen LogP contribution in [0.5, 0.6) is 5.75 Å². The van der Waals surface area contributed by atoms with Crippen molar-refractivity contribution in [2.45, 2.75) is 20.0 Å². The average Bonchev–Trinajstić information content (AvgIpc) is 2.87. The highest BCUT2D eigenvalue weighted by Gasteiger charge is 2.17. The lowest BCUT2D eigenvalue weighted by Gasteiger charge is -2.31. The maximum Gasteiger partial charge on any atom is 0.253 e. The molecule has 2 heterocycles. The van der Waals surface area contributed by atoms with Crippen LogP contribution < -0.4 is 15.6 Å². The first-order valence-electron chi connectivity index (χ1n) is 11.8. The summed E-state index contributed by atoms with van der Waals surface area (Å²) < 4.78 is 11.1. The zero-order valence-electron chi connectivity index (χ0n) is 19.6. The number of hydrogen-bond donors (Lipinski definition) is 2. The van der Waals surface area contributed by atoms with Crippen molar-refractivity contribution in [1.82, 2.24) is 20.1 Å². The number of hydrogen-bond acceptors (Lipinski definition) is 5. The monoisotopic (exact) mass is 480 g/mol. The molecule has 1 aliphatic rings. The van der Waals surface area contributed by atoms with Crippen LogP contribution in [0, 0.1) is 0 Å². The molecule has 0 spiro atoms. The van der Waals surface area contributed by atoms with Gasteiger partial charge in [0.05, 0.1) is 26.4 Å². The number of fused-ring (bicyclic) bond motifs is 1. The molecule has 3 aromatic rings. The van der Waals surface area contributed by atoms with Crippen LogP contribution in [-0.4, -0.2) is 65.9 Å². The number of ether oxygens (including phenoxy) is 2. The number of aromatic amines is 1. The lowest BCUT2D eigenvalue weighted by molar-refractivity contribution is 0.0357. The van der Waals surface area contributed by atoms with Gasteiger partial charge in [0.2, 0.25) is 0 Å². The van der Waals surface area contributed by atoms with E-state index in [1.165, 1.54) is 0 Å². The number of nitrogens with zero attached hydrogens (tertiary/aromatic N) is 2. The Morgan fingerprint density at radius 3 is 2.74 bits per heavy atom. The molecule has 1 saturated heterocycles. The van der Waals surface area contributed by atoms with Gasteiger partial charge in [-0.15, -0.1) is 0 Å². The van der Waals surface area contributed by atoms with E-state index in [0.717, 1.165) is 61.6 Å². The van der Waals surface area contributed by atoms with Gasteiger partial charge in [-0.2, -0.15) is 0 Å². The van der Waals surface area contributed by atoms with E-state index in [1.807, 2.05) is 49.4 Å². The molecule has 8 heteroatoms. The van der Waals surface area contributed by atoms with Crippen molar-refractivity contribution >= 4 is 28.2 Å². The van der Waals surface area contributed by atoms with Crippen molar-refractivity contribution in [1.29, 1.82) is 0 Å². The Morgan fingerprint density at radius 1 is 1.18 bits per heavy atom. The number of morpholine rings is 1. The molecule has 0 atom stereocenters. The Bertz CT molecular complexity index is 1150. The summed E-state index contributed by atoms with van der Waals surface area (Å²) in [6.07, 6.45) is 0. The molecule has 1 aliphatic heterocycles. The zero-order valence-corrected chi connectivity index (χ0v) is 20.4. The van der Waals surface area contributed by atoms with Crippen LogP contribution in [0.1, 0.15) is 18.1 Å². The summed E-state index contributed by atoms with van der Waals surface area (Å²) in [4.78, 5) is 20.3. The molecular weight excluding hydrogens is 448 g/mol. The van der Waals surface area contributed by atoms with Crippen LogP contribution in [0.4, 0.5) is 0 Å². The second kappa shape index (κ2) is 12.0. The summed E-state index contributed by atoms with van der Waals surface area (Å²) in [5.74, 6) is 0.789. The number of thiocarbonyl (C=S) groups is 1. The summed E-state index contributed by atoms with van der Waals surface area (Å²) in [6.45, 7) is 8.52. The molecule has 2 aromatic carbocycles. The van der Waals surface area contributed by atoms with E-state index in [-0.39, 0.29) is 5.56 Å². The average molecular weight is 481 g/mol. The van der Waals surface area contributed by atoms with Crippen LogP contribution in [0.25, 0.3) is 10.9 Å². The van der Waals surface area contributed by atoms with Gasteiger partial charge in [-0.25, -0.2) is 0 Å². The first-order chi connectivity index (χ1) is 16.6. The highest BCUT2D eigenvalue weighted by atomic mass is 32.1. The van der Waals surface area contributed by atoms with Gasteiger partial charge in [-0.1, -0.05) is 30.3 Å². The van der Waals surface area contributed by atoms with Gasteiger partial charge in [0.15, 0.2) is 5.11 Å². The van der Waals surface area contributed by atoms with E-state index in [4.69, 9.17) is 21.7 Å². The fourth-order valence-electron chi connectivity index (χ4n) is 4.03. The molecular formula is C26H32N4O3S. The maximum absolute atomic E-state index is 12.9. The Balaban J connectivity index is 1.51. The van der Waals surface area contributed by atoms with Gasteiger partial charge < -0.3 is 24.7 Å². The number of pyridine rings is 1. The number of H-pyrrole nitrogens is 1. The summed E-state index contributed by atoms with van der Waals surface area (Å²) >= 11 is 5.77. The molecule has 0 unspecified atom stereocenters. The minimum Gasteiger partial charge on any atom is -0.494 e. The van der Waals surface area contributed by atoms with Gasteiger partial charge >= 0.3 is 0 Å². The lowest BCUT2D eigenvalue weighted by atomic mass is 10.1. The van der Waals surface area contributed by atoms with Crippen LogP contribution in [0.15, 0.2) is 59.4 Å². The van der Waals surface area contributed by atoms with Crippen molar-refractivity contribution in [3.05, 3.63) is 76.1 Å². The second-order valence-corrected chi connectivity index (χ2v) is 8.71. The Kier molecular flexibility index (Phi) is 8.51. The van der Waals surface area contributed by atoms with Gasteiger partial charge in [-0.05, 0) is 49.0 Å². The Morgan fingerprint density at radius 2 is 1.97 bits per heavy atom. The lowest BCUT2D eigenvalue weighted by Crippen LogP contribution is -2.46. The third-order valence-corrected chi connectivity index (χ3v) is 6.33. The maximum atomic E-state index is 12.9. The van der Waals surface area contributed by atoms with Crippen molar-refractivity contribution < 1.29 is 9.47 Å².